The molecule has 0 aliphatic rings. The van der Waals surface area contributed by atoms with Gasteiger partial charge in [0.1, 0.15) is 6.33 Å². The number of rotatable bonds is 6. The Morgan fingerprint density at radius 2 is 2.00 bits per heavy atom. The minimum absolute atomic E-state index is 0.0105. The number of thioether (sulfide) groups is 1. The highest BCUT2D eigenvalue weighted by molar-refractivity contribution is 7.99. The van der Waals surface area contributed by atoms with Gasteiger partial charge < -0.3 is 9.88 Å². The smallest absolute Gasteiger partial charge is 0.224 e. The van der Waals surface area contributed by atoms with E-state index in [2.05, 4.69) is 15.5 Å². The Morgan fingerprint density at radius 3 is 2.57 bits per heavy atom. The minimum Gasteiger partial charge on any atom is -0.326 e. The Kier molecular flexibility index (Phi) is 5.10. The Bertz CT molecular complexity index is 637. The molecule has 0 aliphatic heterocycles. The van der Waals surface area contributed by atoms with E-state index >= 15 is 0 Å². The summed E-state index contributed by atoms with van der Waals surface area (Å²) in [5.74, 6) is 0.260. The number of aromatic nitrogens is 3. The van der Waals surface area contributed by atoms with Gasteiger partial charge in [0.15, 0.2) is 10.9 Å². The number of aryl methyl sites for hydroxylation is 1. The van der Waals surface area contributed by atoms with Gasteiger partial charge in [-0.1, -0.05) is 18.7 Å². The first kappa shape index (κ1) is 15.2. The quantitative estimate of drug-likeness (QED) is 0.653. The van der Waals surface area contributed by atoms with Gasteiger partial charge in [0.25, 0.3) is 0 Å². The highest BCUT2D eigenvalue weighted by atomic mass is 32.2. The number of hydrogen-bond acceptors (Lipinski definition) is 5. The Labute approximate surface area is 127 Å². The first-order valence-electron chi connectivity index (χ1n) is 6.50. The number of carbonyl (C=O) groups excluding carboxylic acids is 2. The second kappa shape index (κ2) is 7.03. The van der Waals surface area contributed by atoms with Crippen LogP contribution < -0.4 is 5.32 Å². The second-order valence-corrected chi connectivity index (χ2v) is 5.36. The van der Waals surface area contributed by atoms with Crippen LogP contribution >= 0.6 is 11.8 Å². The summed E-state index contributed by atoms with van der Waals surface area (Å²) in [5, 5.41) is 11.1. The van der Waals surface area contributed by atoms with E-state index in [1.54, 1.807) is 42.1 Å². The predicted octanol–water partition coefficient (Wildman–Crippen LogP) is 2.14. The van der Waals surface area contributed by atoms with Crippen molar-refractivity contribution in [2.24, 2.45) is 7.05 Å². The van der Waals surface area contributed by atoms with E-state index in [1.807, 2.05) is 7.05 Å². The zero-order valence-corrected chi connectivity index (χ0v) is 12.7. The van der Waals surface area contributed by atoms with Gasteiger partial charge in [0, 0.05) is 24.7 Å². The van der Waals surface area contributed by atoms with E-state index in [-0.39, 0.29) is 11.7 Å². The van der Waals surface area contributed by atoms with Crippen molar-refractivity contribution in [3.8, 4) is 0 Å². The van der Waals surface area contributed by atoms with Gasteiger partial charge in [-0.3, -0.25) is 9.59 Å². The summed E-state index contributed by atoms with van der Waals surface area (Å²) < 4.78 is 1.77. The maximum atomic E-state index is 12.1. The molecule has 0 saturated heterocycles. The molecule has 0 unspecified atom stereocenters. The standard InChI is InChI=1S/C14H16N4O2S/c1-3-13(20)16-11-6-4-10(5-7-11)12(19)8-21-14-17-15-9-18(14)2/h4-7,9H,3,8H2,1-2H3,(H,16,20). The van der Waals surface area contributed by atoms with Crippen LogP contribution in [-0.2, 0) is 11.8 Å². The molecule has 1 amide bonds. The number of anilines is 1. The fourth-order valence-electron chi connectivity index (χ4n) is 1.61. The summed E-state index contributed by atoms with van der Waals surface area (Å²) in [6.45, 7) is 1.79. The van der Waals surface area contributed by atoms with Gasteiger partial charge in [-0.15, -0.1) is 10.2 Å². The number of hydrogen-bond donors (Lipinski definition) is 1. The van der Waals surface area contributed by atoms with Gasteiger partial charge in [-0.25, -0.2) is 0 Å². The van der Waals surface area contributed by atoms with Crippen molar-refractivity contribution in [1.82, 2.24) is 14.8 Å². The second-order valence-electron chi connectivity index (χ2n) is 4.42. The summed E-state index contributed by atoms with van der Waals surface area (Å²) >= 11 is 1.35. The molecule has 2 rings (SSSR count). The van der Waals surface area contributed by atoms with E-state index in [9.17, 15) is 9.59 Å². The summed E-state index contributed by atoms with van der Waals surface area (Å²) in [6, 6.07) is 6.89. The van der Waals surface area contributed by atoms with Crippen molar-refractivity contribution < 1.29 is 9.59 Å². The fraction of sp³-hybridized carbons (Fsp3) is 0.286. The summed E-state index contributed by atoms with van der Waals surface area (Å²) in [6.07, 6.45) is 2.02. The van der Waals surface area contributed by atoms with Gasteiger partial charge in [-0.05, 0) is 24.3 Å². The molecule has 1 heterocycles. The van der Waals surface area contributed by atoms with E-state index < -0.39 is 0 Å². The van der Waals surface area contributed by atoms with Crippen LogP contribution in [0, 0.1) is 0 Å². The molecule has 1 aromatic carbocycles. The highest BCUT2D eigenvalue weighted by Gasteiger charge is 2.09. The zero-order chi connectivity index (χ0) is 15.2. The van der Waals surface area contributed by atoms with Crippen molar-refractivity contribution in [2.45, 2.75) is 18.5 Å². The molecule has 0 aliphatic carbocycles. The number of carbonyl (C=O) groups is 2. The molecule has 6 nitrogen and oxygen atoms in total. The van der Waals surface area contributed by atoms with Crippen LogP contribution in [0.3, 0.4) is 0 Å². The SMILES string of the molecule is CCC(=O)Nc1ccc(C(=O)CSc2nncn2C)cc1. The minimum atomic E-state index is -0.0492. The topological polar surface area (TPSA) is 76.9 Å². The molecule has 1 aromatic heterocycles. The van der Waals surface area contributed by atoms with Gasteiger partial charge in [-0.2, -0.15) is 0 Å². The van der Waals surface area contributed by atoms with Crippen LogP contribution in [0.4, 0.5) is 5.69 Å². The number of Topliss-reactive ketones (excluding diaryl/α,β-unsaturated/α-hetero) is 1. The molecule has 0 fully saturated rings. The molecule has 0 spiro atoms. The van der Waals surface area contributed by atoms with Crippen LogP contribution in [0.25, 0.3) is 0 Å². The highest BCUT2D eigenvalue weighted by Crippen LogP contribution is 2.17. The zero-order valence-electron chi connectivity index (χ0n) is 11.9. The summed E-state index contributed by atoms with van der Waals surface area (Å²) in [4.78, 5) is 23.3. The molecule has 0 bridgehead atoms. The number of benzene rings is 1. The van der Waals surface area contributed by atoms with Crippen molar-refractivity contribution >= 4 is 29.1 Å². The Morgan fingerprint density at radius 1 is 1.29 bits per heavy atom. The maximum Gasteiger partial charge on any atom is 0.224 e. The van der Waals surface area contributed by atoms with Crippen LogP contribution in [0.5, 0.6) is 0 Å². The van der Waals surface area contributed by atoms with Gasteiger partial charge in [0.2, 0.25) is 5.91 Å². The number of nitrogens with one attached hydrogen (secondary N) is 1. The van der Waals surface area contributed by atoms with Crippen LogP contribution in [0.2, 0.25) is 0 Å². The molecule has 0 radical (unpaired) electrons. The fourth-order valence-corrected chi connectivity index (χ4v) is 2.39. The van der Waals surface area contributed by atoms with E-state index in [0.29, 0.717) is 28.6 Å². The summed E-state index contributed by atoms with van der Waals surface area (Å²) in [5.41, 5.74) is 1.30. The largest absolute Gasteiger partial charge is 0.326 e. The summed E-state index contributed by atoms with van der Waals surface area (Å²) in [7, 11) is 1.83. The molecule has 0 saturated carbocycles. The van der Waals surface area contributed by atoms with E-state index in [4.69, 9.17) is 0 Å². The first-order valence-corrected chi connectivity index (χ1v) is 7.48. The average molecular weight is 304 g/mol. The van der Waals surface area contributed by atoms with Crippen molar-refractivity contribution in [3.63, 3.8) is 0 Å². The van der Waals surface area contributed by atoms with Crippen molar-refractivity contribution in [1.29, 1.82) is 0 Å². The average Bonchev–Trinajstić information content (AvgIpc) is 2.90. The van der Waals surface area contributed by atoms with Crippen molar-refractivity contribution in [2.75, 3.05) is 11.1 Å². The molecule has 110 valence electrons. The van der Waals surface area contributed by atoms with Crippen LogP contribution in [0.1, 0.15) is 23.7 Å². The van der Waals surface area contributed by atoms with Gasteiger partial charge >= 0.3 is 0 Å². The van der Waals surface area contributed by atoms with Crippen LogP contribution in [-0.4, -0.2) is 32.2 Å². The molecule has 7 heteroatoms. The number of ketones is 1. The number of nitrogens with zero attached hydrogens (tertiary/aromatic N) is 3. The van der Waals surface area contributed by atoms with Crippen LogP contribution in [0.15, 0.2) is 35.7 Å². The lowest BCUT2D eigenvalue weighted by Gasteiger charge is -2.05. The predicted molar refractivity (Wildman–Crippen MR) is 81.4 cm³/mol. The van der Waals surface area contributed by atoms with Crippen molar-refractivity contribution in [3.05, 3.63) is 36.2 Å². The Hall–Kier alpha value is -2.15. The lowest BCUT2D eigenvalue weighted by Crippen LogP contribution is -2.10. The number of amides is 1. The molecular weight excluding hydrogens is 288 g/mol. The molecule has 1 N–H and O–H groups in total. The molecule has 21 heavy (non-hydrogen) atoms. The third-order valence-corrected chi connectivity index (χ3v) is 3.85. The van der Waals surface area contributed by atoms with E-state index in [0.717, 1.165) is 0 Å². The Balaban J connectivity index is 1.93. The normalized spacial score (nSPS) is 10.4. The monoisotopic (exact) mass is 304 g/mol. The first-order chi connectivity index (χ1) is 10.1. The third-order valence-electron chi connectivity index (χ3n) is 2.81. The molecule has 0 atom stereocenters. The molecule has 2 aromatic rings. The molecular formula is C14H16N4O2S. The third kappa shape index (κ3) is 4.16. The maximum absolute atomic E-state index is 12.1. The lowest BCUT2D eigenvalue weighted by atomic mass is 10.1. The van der Waals surface area contributed by atoms with E-state index in [1.165, 1.54) is 11.8 Å². The van der Waals surface area contributed by atoms with Gasteiger partial charge in [0.05, 0.1) is 5.75 Å². The lowest BCUT2D eigenvalue weighted by molar-refractivity contribution is -0.115.